The van der Waals surface area contributed by atoms with E-state index in [4.69, 9.17) is 4.74 Å². The summed E-state index contributed by atoms with van der Waals surface area (Å²) in [5, 5.41) is 9.93. The molecule has 19 heavy (non-hydrogen) atoms. The summed E-state index contributed by atoms with van der Waals surface area (Å²) in [6, 6.07) is 0. The van der Waals surface area contributed by atoms with Crippen LogP contribution in [0.4, 0.5) is 0 Å². The fourth-order valence-electron chi connectivity index (χ4n) is 4.28. The minimum atomic E-state index is -0.893. The van der Waals surface area contributed by atoms with Gasteiger partial charge in [0.05, 0.1) is 0 Å². The Balaban J connectivity index is 2.24. The molecule has 2 rings (SSSR count). The minimum absolute atomic E-state index is 0.224. The van der Waals surface area contributed by atoms with Gasteiger partial charge in [-0.05, 0) is 44.4 Å². The van der Waals surface area contributed by atoms with Gasteiger partial charge in [-0.15, -0.1) is 0 Å². The van der Waals surface area contributed by atoms with E-state index in [-0.39, 0.29) is 11.8 Å². The average molecular weight is 268 g/mol. The second-order valence-electron chi connectivity index (χ2n) is 6.20. The van der Waals surface area contributed by atoms with Crippen molar-refractivity contribution in [2.75, 3.05) is 6.61 Å². The molecule has 0 heterocycles. The van der Waals surface area contributed by atoms with Gasteiger partial charge in [0.25, 0.3) is 0 Å². The van der Waals surface area contributed by atoms with E-state index in [1.54, 1.807) is 0 Å². The average Bonchev–Trinajstić information content (AvgIpc) is 2.46. The fourth-order valence-corrected chi connectivity index (χ4v) is 4.28. The summed E-state index contributed by atoms with van der Waals surface area (Å²) in [4.78, 5) is 12.1. The highest BCUT2D eigenvalue weighted by atomic mass is 16.5. The van der Waals surface area contributed by atoms with Gasteiger partial charge in [-0.25, -0.2) is 4.79 Å². The topological polar surface area (TPSA) is 46.5 Å². The highest BCUT2D eigenvalue weighted by molar-refractivity contribution is 5.78. The second-order valence-corrected chi connectivity index (χ2v) is 6.20. The molecule has 1 N–H and O–H groups in total. The molecule has 0 radical (unpaired) electrons. The number of carboxylic acid groups (broad SMARTS) is 1. The van der Waals surface area contributed by atoms with Gasteiger partial charge in [0.1, 0.15) is 0 Å². The first kappa shape index (κ1) is 14.8. The van der Waals surface area contributed by atoms with E-state index in [9.17, 15) is 9.90 Å². The van der Waals surface area contributed by atoms with E-state index in [0.29, 0.717) is 6.61 Å². The first-order valence-corrected chi connectivity index (χ1v) is 8.09. The molecular weight excluding hydrogens is 240 g/mol. The molecule has 2 aliphatic carbocycles. The van der Waals surface area contributed by atoms with E-state index < -0.39 is 11.6 Å². The number of carbonyl (C=O) groups is 1. The summed E-state index contributed by atoms with van der Waals surface area (Å²) >= 11 is 0. The number of hydrogen-bond acceptors (Lipinski definition) is 2. The van der Waals surface area contributed by atoms with Crippen LogP contribution in [0.5, 0.6) is 0 Å². The summed E-state index contributed by atoms with van der Waals surface area (Å²) in [6.07, 6.45) is 11.3. The zero-order chi connectivity index (χ0) is 13.7. The summed E-state index contributed by atoms with van der Waals surface area (Å²) in [5.74, 6) is -0.253. The summed E-state index contributed by atoms with van der Waals surface area (Å²) < 4.78 is 5.97. The molecule has 0 saturated heterocycles. The largest absolute Gasteiger partial charge is 0.479 e. The molecule has 2 fully saturated rings. The van der Waals surface area contributed by atoms with Crippen molar-refractivity contribution in [3.8, 4) is 0 Å². The van der Waals surface area contributed by atoms with Gasteiger partial charge in [0, 0.05) is 6.61 Å². The van der Waals surface area contributed by atoms with Crippen LogP contribution in [0.1, 0.15) is 71.1 Å². The van der Waals surface area contributed by atoms with E-state index in [1.165, 1.54) is 38.5 Å². The molecule has 0 bridgehead atoms. The van der Waals surface area contributed by atoms with Crippen molar-refractivity contribution in [2.24, 2.45) is 11.8 Å². The SMILES string of the molecule is CCOC(C(=O)O)(C1CCCCC1)C1CCCCC1. The molecule has 3 nitrogen and oxygen atoms in total. The molecule has 0 unspecified atom stereocenters. The quantitative estimate of drug-likeness (QED) is 0.819. The Hall–Kier alpha value is -0.570. The van der Waals surface area contributed by atoms with Crippen molar-refractivity contribution in [1.82, 2.24) is 0 Å². The predicted octanol–water partition coefficient (Wildman–Crippen LogP) is 4.01. The summed E-state index contributed by atoms with van der Waals surface area (Å²) in [5.41, 5.74) is -0.893. The van der Waals surface area contributed by atoms with Gasteiger partial charge < -0.3 is 9.84 Å². The summed E-state index contributed by atoms with van der Waals surface area (Å²) in [7, 11) is 0. The zero-order valence-electron chi connectivity index (χ0n) is 12.2. The monoisotopic (exact) mass is 268 g/mol. The van der Waals surface area contributed by atoms with Crippen molar-refractivity contribution in [1.29, 1.82) is 0 Å². The first-order chi connectivity index (χ1) is 9.21. The Morgan fingerprint density at radius 1 is 1.00 bits per heavy atom. The normalized spacial score (nSPS) is 23.4. The summed E-state index contributed by atoms with van der Waals surface area (Å²) in [6.45, 7) is 2.45. The lowest BCUT2D eigenvalue weighted by Crippen LogP contribution is -2.55. The Labute approximate surface area is 116 Å². The number of hydrogen-bond donors (Lipinski definition) is 1. The molecule has 0 aromatic carbocycles. The molecule has 0 amide bonds. The predicted molar refractivity (Wildman–Crippen MR) is 75.1 cm³/mol. The van der Waals surface area contributed by atoms with Gasteiger partial charge in [-0.2, -0.15) is 0 Å². The van der Waals surface area contributed by atoms with Crippen LogP contribution in [0.2, 0.25) is 0 Å². The van der Waals surface area contributed by atoms with Crippen molar-refractivity contribution < 1.29 is 14.6 Å². The molecule has 0 atom stereocenters. The maximum absolute atomic E-state index is 12.1. The van der Waals surface area contributed by atoms with Crippen LogP contribution in [0.15, 0.2) is 0 Å². The molecule has 3 heteroatoms. The molecule has 110 valence electrons. The maximum atomic E-state index is 12.1. The van der Waals surface area contributed by atoms with Crippen LogP contribution in [0.25, 0.3) is 0 Å². The molecular formula is C16H28O3. The van der Waals surface area contributed by atoms with Crippen molar-refractivity contribution in [3.63, 3.8) is 0 Å². The number of carboxylic acids is 1. The Kier molecular flexibility index (Phi) is 5.26. The third-order valence-electron chi connectivity index (χ3n) is 5.14. The van der Waals surface area contributed by atoms with Crippen molar-refractivity contribution in [3.05, 3.63) is 0 Å². The van der Waals surface area contributed by atoms with Crippen LogP contribution in [0.3, 0.4) is 0 Å². The minimum Gasteiger partial charge on any atom is -0.479 e. The fraction of sp³-hybridized carbons (Fsp3) is 0.938. The standard InChI is InChI=1S/C16H28O3/c1-2-19-16(15(17)18,13-9-5-3-6-10-13)14-11-7-4-8-12-14/h13-14H,2-12H2,1H3,(H,17,18). The van der Waals surface area contributed by atoms with E-state index in [1.807, 2.05) is 6.92 Å². The van der Waals surface area contributed by atoms with E-state index >= 15 is 0 Å². The van der Waals surface area contributed by atoms with Crippen LogP contribution in [-0.2, 0) is 9.53 Å². The third kappa shape index (κ3) is 2.96. The third-order valence-corrected chi connectivity index (χ3v) is 5.14. The number of rotatable bonds is 5. The number of ether oxygens (including phenoxy) is 1. The molecule has 2 saturated carbocycles. The van der Waals surface area contributed by atoms with Crippen LogP contribution in [0, 0.1) is 11.8 Å². The molecule has 2 aliphatic rings. The van der Waals surface area contributed by atoms with Crippen LogP contribution < -0.4 is 0 Å². The van der Waals surface area contributed by atoms with E-state index in [0.717, 1.165) is 25.7 Å². The maximum Gasteiger partial charge on any atom is 0.336 e. The lowest BCUT2D eigenvalue weighted by molar-refractivity contribution is -0.191. The van der Waals surface area contributed by atoms with Gasteiger partial charge in [0.2, 0.25) is 0 Å². The smallest absolute Gasteiger partial charge is 0.336 e. The van der Waals surface area contributed by atoms with Crippen LogP contribution in [-0.4, -0.2) is 23.3 Å². The Bertz CT molecular complexity index is 270. The Morgan fingerprint density at radius 2 is 1.42 bits per heavy atom. The zero-order valence-corrected chi connectivity index (χ0v) is 12.2. The highest BCUT2D eigenvalue weighted by Crippen LogP contribution is 2.45. The van der Waals surface area contributed by atoms with E-state index in [2.05, 4.69) is 0 Å². The van der Waals surface area contributed by atoms with Crippen molar-refractivity contribution >= 4 is 5.97 Å². The molecule has 0 aromatic rings. The molecule has 0 aliphatic heterocycles. The first-order valence-electron chi connectivity index (χ1n) is 8.09. The lowest BCUT2D eigenvalue weighted by Gasteiger charge is -2.45. The van der Waals surface area contributed by atoms with Crippen LogP contribution >= 0.6 is 0 Å². The van der Waals surface area contributed by atoms with Gasteiger partial charge in [-0.3, -0.25) is 0 Å². The number of aliphatic carboxylic acids is 1. The lowest BCUT2D eigenvalue weighted by atomic mass is 9.66. The second kappa shape index (κ2) is 6.74. The highest BCUT2D eigenvalue weighted by Gasteiger charge is 2.52. The van der Waals surface area contributed by atoms with Crippen molar-refractivity contribution in [2.45, 2.75) is 76.7 Å². The van der Waals surface area contributed by atoms with Gasteiger partial charge in [0.15, 0.2) is 5.60 Å². The molecule has 0 aromatic heterocycles. The Morgan fingerprint density at radius 3 is 1.74 bits per heavy atom. The van der Waals surface area contributed by atoms with Gasteiger partial charge >= 0.3 is 5.97 Å². The van der Waals surface area contributed by atoms with Gasteiger partial charge in [-0.1, -0.05) is 38.5 Å². The molecule has 0 spiro atoms.